The number of rotatable bonds is 3. The van der Waals surface area contributed by atoms with Gasteiger partial charge in [0, 0.05) is 23.1 Å². The monoisotopic (exact) mass is 302 g/mol. The average Bonchev–Trinajstić information content (AvgIpc) is 2.84. The second kappa shape index (κ2) is 6.05. The summed E-state index contributed by atoms with van der Waals surface area (Å²) in [7, 11) is 0. The molecule has 0 spiro atoms. The zero-order valence-corrected chi connectivity index (χ0v) is 13.5. The summed E-state index contributed by atoms with van der Waals surface area (Å²) in [5, 5.41) is 13.6. The zero-order chi connectivity index (χ0) is 16.4. The third-order valence-electron chi connectivity index (χ3n) is 4.12. The second-order valence-corrected chi connectivity index (χ2v) is 5.64. The second-order valence-electron chi connectivity index (χ2n) is 5.64. The molecule has 4 heteroatoms. The minimum absolute atomic E-state index is 0.669. The van der Waals surface area contributed by atoms with E-state index in [9.17, 15) is 0 Å². The molecular weight excluding hydrogens is 284 g/mol. The van der Waals surface area contributed by atoms with Gasteiger partial charge in [0.2, 0.25) is 0 Å². The predicted molar refractivity (Wildman–Crippen MR) is 89.9 cm³/mol. The SMILES string of the molecule is Cc1ncccc1Cn1nc(C)c(-c2ccc(C#N)cc2)c1C. The molecule has 0 N–H and O–H groups in total. The largest absolute Gasteiger partial charge is 0.264 e. The molecule has 3 aromatic rings. The fourth-order valence-electron chi connectivity index (χ4n) is 2.83. The maximum absolute atomic E-state index is 8.93. The number of aromatic nitrogens is 3. The van der Waals surface area contributed by atoms with Crippen molar-refractivity contribution in [3.63, 3.8) is 0 Å². The van der Waals surface area contributed by atoms with Crippen LogP contribution in [-0.4, -0.2) is 14.8 Å². The van der Waals surface area contributed by atoms with Gasteiger partial charge in [0.05, 0.1) is 23.9 Å². The maximum Gasteiger partial charge on any atom is 0.0991 e. The summed E-state index contributed by atoms with van der Waals surface area (Å²) in [6.07, 6.45) is 1.81. The molecule has 2 aromatic heterocycles. The fourth-order valence-corrected chi connectivity index (χ4v) is 2.83. The topological polar surface area (TPSA) is 54.5 Å². The van der Waals surface area contributed by atoms with E-state index < -0.39 is 0 Å². The first-order valence-electron chi connectivity index (χ1n) is 7.55. The van der Waals surface area contributed by atoms with Crippen molar-refractivity contribution in [2.24, 2.45) is 0 Å². The molecule has 114 valence electrons. The summed E-state index contributed by atoms with van der Waals surface area (Å²) < 4.78 is 2.02. The van der Waals surface area contributed by atoms with Crippen LogP contribution in [0.5, 0.6) is 0 Å². The summed E-state index contributed by atoms with van der Waals surface area (Å²) in [4.78, 5) is 4.34. The van der Waals surface area contributed by atoms with Crippen LogP contribution >= 0.6 is 0 Å². The Morgan fingerprint density at radius 1 is 1.04 bits per heavy atom. The van der Waals surface area contributed by atoms with E-state index in [4.69, 9.17) is 5.26 Å². The van der Waals surface area contributed by atoms with Crippen LogP contribution in [0.15, 0.2) is 42.6 Å². The molecule has 2 heterocycles. The minimum atomic E-state index is 0.669. The molecule has 0 saturated carbocycles. The highest BCUT2D eigenvalue weighted by Crippen LogP contribution is 2.27. The van der Waals surface area contributed by atoms with Gasteiger partial charge in [-0.1, -0.05) is 18.2 Å². The van der Waals surface area contributed by atoms with Crippen molar-refractivity contribution < 1.29 is 0 Å². The number of aryl methyl sites for hydroxylation is 2. The molecule has 0 aliphatic heterocycles. The first-order valence-corrected chi connectivity index (χ1v) is 7.55. The molecule has 4 nitrogen and oxygen atoms in total. The van der Waals surface area contributed by atoms with Crippen molar-refractivity contribution in [1.29, 1.82) is 5.26 Å². The predicted octanol–water partition coefficient (Wildman–Crippen LogP) is 3.79. The van der Waals surface area contributed by atoms with Gasteiger partial charge in [-0.05, 0) is 50.1 Å². The highest BCUT2D eigenvalue weighted by Gasteiger charge is 2.14. The Balaban J connectivity index is 1.99. The van der Waals surface area contributed by atoms with Crippen molar-refractivity contribution in [2.75, 3.05) is 0 Å². The van der Waals surface area contributed by atoms with Gasteiger partial charge in [0.25, 0.3) is 0 Å². The summed E-state index contributed by atoms with van der Waals surface area (Å²) in [6.45, 7) is 6.83. The smallest absolute Gasteiger partial charge is 0.0991 e. The maximum atomic E-state index is 8.93. The quantitative estimate of drug-likeness (QED) is 0.739. The van der Waals surface area contributed by atoms with E-state index in [0.29, 0.717) is 12.1 Å². The standard InChI is InChI=1S/C19H18N4/c1-13-18(5-4-10-21-13)12-23-15(3)19(14(2)22-23)17-8-6-16(11-20)7-9-17/h4-10H,12H2,1-3H3. The molecule has 0 aliphatic carbocycles. The Hall–Kier alpha value is -2.93. The lowest BCUT2D eigenvalue weighted by Gasteiger charge is -2.08. The van der Waals surface area contributed by atoms with E-state index in [1.807, 2.05) is 55.1 Å². The highest BCUT2D eigenvalue weighted by atomic mass is 15.3. The molecule has 0 aliphatic rings. The van der Waals surface area contributed by atoms with Gasteiger partial charge < -0.3 is 0 Å². The Labute approximate surface area is 136 Å². The average molecular weight is 302 g/mol. The van der Waals surface area contributed by atoms with Gasteiger partial charge in [0.1, 0.15) is 0 Å². The van der Waals surface area contributed by atoms with Crippen LogP contribution in [0.4, 0.5) is 0 Å². The van der Waals surface area contributed by atoms with Crippen molar-refractivity contribution in [3.8, 4) is 17.2 Å². The van der Waals surface area contributed by atoms with Crippen LogP contribution < -0.4 is 0 Å². The molecule has 0 unspecified atom stereocenters. The first kappa shape index (κ1) is 15.0. The zero-order valence-electron chi connectivity index (χ0n) is 13.5. The number of benzene rings is 1. The van der Waals surface area contributed by atoms with Gasteiger partial charge in [-0.3, -0.25) is 9.67 Å². The first-order chi connectivity index (χ1) is 11.1. The van der Waals surface area contributed by atoms with E-state index in [2.05, 4.69) is 29.1 Å². The van der Waals surface area contributed by atoms with Crippen molar-refractivity contribution in [2.45, 2.75) is 27.3 Å². The third kappa shape index (κ3) is 2.86. The van der Waals surface area contributed by atoms with Crippen LogP contribution in [0.1, 0.15) is 28.2 Å². The lowest BCUT2D eigenvalue weighted by molar-refractivity contribution is 0.654. The third-order valence-corrected chi connectivity index (χ3v) is 4.12. The Morgan fingerprint density at radius 3 is 2.43 bits per heavy atom. The van der Waals surface area contributed by atoms with E-state index in [1.54, 1.807) is 0 Å². The number of nitriles is 1. The van der Waals surface area contributed by atoms with E-state index in [-0.39, 0.29) is 0 Å². The molecule has 0 radical (unpaired) electrons. The van der Waals surface area contributed by atoms with Gasteiger partial charge in [0.15, 0.2) is 0 Å². The van der Waals surface area contributed by atoms with Crippen LogP contribution in [0.25, 0.3) is 11.1 Å². The fraction of sp³-hybridized carbons (Fsp3) is 0.211. The number of pyridine rings is 1. The highest BCUT2D eigenvalue weighted by molar-refractivity contribution is 5.69. The molecule has 0 amide bonds. The summed E-state index contributed by atoms with van der Waals surface area (Å²) >= 11 is 0. The van der Waals surface area contributed by atoms with Gasteiger partial charge in [-0.25, -0.2) is 0 Å². The molecule has 0 fully saturated rings. The molecular formula is C19H18N4. The lowest BCUT2D eigenvalue weighted by Crippen LogP contribution is -2.06. The van der Waals surface area contributed by atoms with E-state index in [1.165, 1.54) is 5.56 Å². The molecule has 0 atom stereocenters. The summed E-state index contributed by atoms with van der Waals surface area (Å²) in [6, 6.07) is 13.8. The van der Waals surface area contributed by atoms with E-state index in [0.717, 1.165) is 28.2 Å². The molecule has 1 aromatic carbocycles. The Bertz CT molecular complexity index is 883. The van der Waals surface area contributed by atoms with E-state index >= 15 is 0 Å². The number of hydrogen-bond acceptors (Lipinski definition) is 3. The summed E-state index contributed by atoms with van der Waals surface area (Å²) in [5.74, 6) is 0. The molecule has 23 heavy (non-hydrogen) atoms. The molecule has 0 bridgehead atoms. The molecule has 0 saturated heterocycles. The number of hydrogen-bond donors (Lipinski definition) is 0. The molecule has 3 rings (SSSR count). The van der Waals surface area contributed by atoms with Crippen molar-refractivity contribution in [3.05, 3.63) is 70.8 Å². The Kier molecular flexibility index (Phi) is 3.94. The lowest BCUT2D eigenvalue weighted by atomic mass is 10.0. The van der Waals surface area contributed by atoms with Crippen LogP contribution in [0.3, 0.4) is 0 Å². The normalized spacial score (nSPS) is 10.5. The number of nitrogens with zero attached hydrogens (tertiary/aromatic N) is 4. The van der Waals surface area contributed by atoms with Crippen molar-refractivity contribution >= 4 is 0 Å². The van der Waals surface area contributed by atoms with Gasteiger partial charge in [-0.2, -0.15) is 10.4 Å². The Morgan fingerprint density at radius 2 is 1.78 bits per heavy atom. The summed E-state index contributed by atoms with van der Waals surface area (Å²) in [5.41, 5.74) is 7.21. The van der Waals surface area contributed by atoms with Crippen LogP contribution in [0.2, 0.25) is 0 Å². The minimum Gasteiger partial charge on any atom is -0.264 e. The van der Waals surface area contributed by atoms with Gasteiger partial charge >= 0.3 is 0 Å². The van der Waals surface area contributed by atoms with Crippen molar-refractivity contribution in [1.82, 2.24) is 14.8 Å². The van der Waals surface area contributed by atoms with Gasteiger partial charge in [-0.15, -0.1) is 0 Å². The van der Waals surface area contributed by atoms with Crippen LogP contribution in [0, 0.1) is 32.1 Å². The van der Waals surface area contributed by atoms with Crippen LogP contribution in [-0.2, 0) is 6.54 Å².